The molecule has 0 amide bonds. The summed E-state index contributed by atoms with van der Waals surface area (Å²) in [6.07, 6.45) is 0.831. The van der Waals surface area contributed by atoms with Crippen molar-refractivity contribution in [3.63, 3.8) is 0 Å². The second-order valence-corrected chi connectivity index (χ2v) is 5.58. The smallest absolute Gasteiger partial charge is 0.303 e. The zero-order chi connectivity index (χ0) is 16.3. The number of carboxylic acid groups (broad SMARTS) is 1. The summed E-state index contributed by atoms with van der Waals surface area (Å²) in [5, 5.41) is 16.8. The van der Waals surface area contributed by atoms with E-state index >= 15 is 0 Å². The van der Waals surface area contributed by atoms with Crippen LogP contribution in [0.2, 0.25) is 0 Å². The molecule has 0 aromatic rings. The Morgan fingerprint density at radius 1 is 1.30 bits per heavy atom. The number of rotatable bonds is 8. The van der Waals surface area contributed by atoms with Crippen LogP contribution in [-0.2, 0) is 9.63 Å². The van der Waals surface area contributed by atoms with Gasteiger partial charge in [0.05, 0.1) is 6.61 Å². The first-order valence-electron chi connectivity index (χ1n) is 6.79. The van der Waals surface area contributed by atoms with E-state index < -0.39 is 11.1 Å². The molecule has 0 atom stereocenters. The summed E-state index contributed by atoms with van der Waals surface area (Å²) < 4.78 is 0. The Balaban J connectivity index is 0. The number of carboxylic acids is 1. The fourth-order valence-corrected chi connectivity index (χ4v) is 1.18. The first-order valence-corrected chi connectivity index (χ1v) is 6.79. The van der Waals surface area contributed by atoms with E-state index in [2.05, 4.69) is 39.5 Å². The molecule has 0 bridgehead atoms. The van der Waals surface area contributed by atoms with Crippen molar-refractivity contribution in [2.75, 3.05) is 6.61 Å². The van der Waals surface area contributed by atoms with Crippen molar-refractivity contribution in [3.05, 3.63) is 10.1 Å². The minimum absolute atomic E-state index is 0.000000000000000222. The zero-order valence-corrected chi connectivity index (χ0v) is 13.1. The largest absolute Gasteiger partial charge is 0.481 e. The van der Waals surface area contributed by atoms with Crippen molar-refractivity contribution >= 4 is 5.97 Å². The van der Waals surface area contributed by atoms with Gasteiger partial charge in [0.2, 0.25) is 0 Å². The van der Waals surface area contributed by atoms with Crippen LogP contribution in [0, 0.1) is 22.0 Å². The van der Waals surface area contributed by atoms with Gasteiger partial charge in [-0.1, -0.05) is 27.7 Å². The van der Waals surface area contributed by atoms with Crippen molar-refractivity contribution in [2.45, 2.75) is 59.4 Å². The van der Waals surface area contributed by atoms with Crippen LogP contribution in [0.3, 0.4) is 0 Å². The highest BCUT2D eigenvalue weighted by molar-refractivity contribution is 5.66. The molecule has 0 aromatic carbocycles. The molecule has 0 unspecified atom stereocenters. The fraction of sp³-hybridized carbons (Fsp3) is 0.923. The predicted octanol–water partition coefficient (Wildman–Crippen LogP) is 2.47. The van der Waals surface area contributed by atoms with Crippen molar-refractivity contribution in [1.29, 1.82) is 0 Å². The zero-order valence-electron chi connectivity index (χ0n) is 13.1. The second kappa shape index (κ2) is 10.4. The second-order valence-electron chi connectivity index (χ2n) is 5.58. The predicted molar refractivity (Wildman–Crippen MR) is 76.7 cm³/mol. The SMILES string of the molecule is CC(C)C(C)(N)C(C)C.O=C(O)CCCCO[N+](=O)[O-]. The van der Waals surface area contributed by atoms with Gasteiger partial charge in [0.15, 0.2) is 0 Å². The first kappa shape index (κ1) is 20.9. The lowest BCUT2D eigenvalue weighted by Crippen LogP contribution is -2.46. The van der Waals surface area contributed by atoms with Gasteiger partial charge >= 0.3 is 5.97 Å². The maximum atomic E-state index is 9.92. The average molecular weight is 292 g/mol. The van der Waals surface area contributed by atoms with Gasteiger partial charge < -0.3 is 15.7 Å². The molecule has 3 N–H and O–H groups in total. The van der Waals surface area contributed by atoms with Gasteiger partial charge in [0.1, 0.15) is 0 Å². The van der Waals surface area contributed by atoms with Gasteiger partial charge in [0, 0.05) is 12.0 Å². The molecule has 20 heavy (non-hydrogen) atoms. The number of hydrogen-bond acceptors (Lipinski definition) is 5. The molecule has 0 aliphatic rings. The monoisotopic (exact) mass is 292 g/mol. The number of hydrogen-bond donors (Lipinski definition) is 2. The molecule has 120 valence electrons. The number of nitrogens with two attached hydrogens (primary N) is 1. The molecular weight excluding hydrogens is 264 g/mol. The van der Waals surface area contributed by atoms with Gasteiger partial charge in [-0.25, -0.2) is 0 Å². The maximum Gasteiger partial charge on any atom is 0.303 e. The molecule has 0 rings (SSSR count). The van der Waals surface area contributed by atoms with Crippen LogP contribution in [-0.4, -0.2) is 28.3 Å². The Hall–Kier alpha value is -1.37. The minimum atomic E-state index is -0.897. The first-order chi connectivity index (χ1) is 9.01. The standard InChI is InChI=1S/C8H19N.C5H9NO5/c1-6(2)8(5,9)7(3)4;7-5(8)3-1-2-4-11-6(9)10/h6-7H,9H2,1-5H3;1-4H2,(H,7,8). The molecule has 7 heteroatoms. The van der Waals surface area contributed by atoms with Crippen molar-refractivity contribution in [2.24, 2.45) is 17.6 Å². The Morgan fingerprint density at radius 2 is 1.75 bits per heavy atom. The summed E-state index contributed by atoms with van der Waals surface area (Å²) in [4.78, 5) is 23.4. The van der Waals surface area contributed by atoms with Crippen LogP contribution in [0.4, 0.5) is 0 Å². The molecule has 0 heterocycles. The average Bonchev–Trinajstić information content (AvgIpc) is 2.28. The Bertz CT molecular complexity index is 264. The van der Waals surface area contributed by atoms with E-state index in [4.69, 9.17) is 10.8 Å². The third-order valence-corrected chi connectivity index (χ3v) is 3.47. The summed E-state index contributed by atoms with van der Waals surface area (Å²) >= 11 is 0. The van der Waals surface area contributed by atoms with Gasteiger partial charge in [-0.15, -0.1) is 10.1 Å². The summed E-state index contributed by atoms with van der Waals surface area (Å²) in [7, 11) is 0. The van der Waals surface area contributed by atoms with E-state index in [0.29, 0.717) is 24.7 Å². The Labute approximate surface area is 120 Å². The van der Waals surface area contributed by atoms with Crippen molar-refractivity contribution in [3.8, 4) is 0 Å². The number of aliphatic carboxylic acids is 1. The Kier molecular flexibility index (Phi) is 10.9. The lowest BCUT2D eigenvalue weighted by atomic mass is 9.80. The number of carbonyl (C=O) groups is 1. The third-order valence-electron chi connectivity index (χ3n) is 3.47. The van der Waals surface area contributed by atoms with E-state index in [1.165, 1.54) is 0 Å². The van der Waals surface area contributed by atoms with Crippen molar-refractivity contribution < 1.29 is 19.8 Å². The molecule has 0 spiro atoms. The summed E-state index contributed by atoms with van der Waals surface area (Å²) in [5.41, 5.74) is 6.00. The molecule has 0 saturated heterocycles. The van der Waals surface area contributed by atoms with Crippen molar-refractivity contribution in [1.82, 2.24) is 0 Å². The van der Waals surface area contributed by atoms with Crippen LogP contribution in [0.15, 0.2) is 0 Å². The molecule has 0 aromatic heterocycles. The van der Waals surface area contributed by atoms with E-state index in [1.54, 1.807) is 0 Å². The molecular formula is C13H28N2O5. The van der Waals surface area contributed by atoms with Crippen LogP contribution in [0.1, 0.15) is 53.9 Å². The highest BCUT2D eigenvalue weighted by Crippen LogP contribution is 2.21. The molecule has 0 saturated carbocycles. The lowest BCUT2D eigenvalue weighted by molar-refractivity contribution is -0.757. The molecule has 7 nitrogen and oxygen atoms in total. The normalized spacial score (nSPS) is 11.0. The minimum Gasteiger partial charge on any atom is -0.481 e. The van der Waals surface area contributed by atoms with E-state index in [0.717, 1.165) is 0 Å². The topological polar surface area (TPSA) is 116 Å². The number of unbranched alkanes of at least 4 members (excludes halogenated alkanes) is 1. The third kappa shape index (κ3) is 11.7. The van der Waals surface area contributed by atoms with Crippen LogP contribution < -0.4 is 5.73 Å². The fourth-order valence-electron chi connectivity index (χ4n) is 1.18. The van der Waals surface area contributed by atoms with Crippen LogP contribution in [0.5, 0.6) is 0 Å². The maximum absolute atomic E-state index is 9.92. The highest BCUT2D eigenvalue weighted by Gasteiger charge is 2.26. The van der Waals surface area contributed by atoms with E-state index in [1.807, 2.05) is 0 Å². The van der Waals surface area contributed by atoms with Crippen LogP contribution >= 0.6 is 0 Å². The quantitative estimate of drug-likeness (QED) is 0.403. The molecule has 0 aliphatic carbocycles. The summed E-state index contributed by atoms with van der Waals surface area (Å²) in [6, 6.07) is 0. The number of nitrogens with zero attached hydrogens (tertiary/aromatic N) is 1. The lowest BCUT2D eigenvalue weighted by Gasteiger charge is -2.33. The highest BCUT2D eigenvalue weighted by atomic mass is 16.9. The van der Waals surface area contributed by atoms with Gasteiger partial charge in [-0.3, -0.25) is 4.79 Å². The van der Waals surface area contributed by atoms with Crippen LogP contribution in [0.25, 0.3) is 0 Å². The van der Waals surface area contributed by atoms with E-state index in [-0.39, 0.29) is 18.6 Å². The molecule has 0 radical (unpaired) electrons. The van der Waals surface area contributed by atoms with Gasteiger partial charge in [-0.05, 0) is 31.6 Å². The van der Waals surface area contributed by atoms with E-state index in [9.17, 15) is 14.9 Å². The van der Waals surface area contributed by atoms with Gasteiger partial charge in [0.25, 0.3) is 5.09 Å². The summed E-state index contributed by atoms with van der Waals surface area (Å²) in [5.74, 6) is 0.237. The molecule has 0 aliphatic heterocycles. The summed E-state index contributed by atoms with van der Waals surface area (Å²) in [6.45, 7) is 10.8. The molecule has 0 fully saturated rings. The van der Waals surface area contributed by atoms with Gasteiger partial charge in [-0.2, -0.15) is 0 Å². The Morgan fingerprint density at radius 3 is 2.00 bits per heavy atom.